The zero-order valence-electron chi connectivity index (χ0n) is 11.4. The lowest BCUT2D eigenvalue weighted by Crippen LogP contribution is -2.48. The van der Waals surface area contributed by atoms with Crippen LogP contribution in [0.4, 0.5) is 5.82 Å². The second-order valence-electron chi connectivity index (χ2n) is 4.94. The first-order valence-corrected chi connectivity index (χ1v) is 6.58. The second kappa shape index (κ2) is 5.52. The van der Waals surface area contributed by atoms with Crippen molar-refractivity contribution in [3.05, 3.63) is 11.9 Å². The van der Waals surface area contributed by atoms with Crippen molar-refractivity contribution in [3.63, 3.8) is 0 Å². The van der Waals surface area contributed by atoms with Crippen LogP contribution >= 0.6 is 0 Å². The fraction of sp³-hybridized carbons (Fsp3) is 0.692. The van der Waals surface area contributed by atoms with E-state index in [2.05, 4.69) is 21.8 Å². The monoisotopic (exact) mass is 250 g/mol. The zero-order chi connectivity index (χ0) is 13.1. The van der Waals surface area contributed by atoms with Gasteiger partial charge < -0.3 is 15.4 Å². The lowest BCUT2D eigenvalue weighted by molar-refractivity contribution is 0.322. The van der Waals surface area contributed by atoms with Crippen molar-refractivity contribution in [2.75, 3.05) is 24.6 Å². The van der Waals surface area contributed by atoms with Crippen LogP contribution in [-0.4, -0.2) is 35.7 Å². The smallest absolute Gasteiger partial charge is 0.221 e. The Bertz CT molecular complexity index is 410. The van der Waals surface area contributed by atoms with Crippen LogP contribution in [0.5, 0.6) is 5.88 Å². The summed E-state index contributed by atoms with van der Waals surface area (Å²) in [6.07, 6.45) is 2.67. The van der Waals surface area contributed by atoms with E-state index in [1.165, 1.54) is 0 Å². The molecule has 5 nitrogen and oxygen atoms in total. The van der Waals surface area contributed by atoms with Gasteiger partial charge in [-0.25, -0.2) is 9.97 Å². The number of nitrogens with two attached hydrogens (primary N) is 1. The van der Waals surface area contributed by atoms with E-state index in [4.69, 9.17) is 10.5 Å². The topological polar surface area (TPSA) is 64.3 Å². The molecule has 1 aliphatic rings. The van der Waals surface area contributed by atoms with Gasteiger partial charge in [-0.3, -0.25) is 0 Å². The molecule has 5 heteroatoms. The lowest BCUT2D eigenvalue weighted by atomic mass is 9.94. The van der Waals surface area contributed by atoms with Crippen LogP contribution in [0.25, 0.3) is 0 Å². The van der Waals surface area contributed by atoms with Gasteiger partial charge in [-0.15, -0.1) is 0 Å². The molecule has 0 aromatic carbocycles. The normalized spacial score (nSPS) is 24.1. The van der Waals surface area contributed by atoms with Crippen molar-refractivity contribution in [1.82, 2.24) is 9.97 Å². The predicted octanol–water partition coefficient (Wildman–Crippen LogP) is 1.36. The van der Waals surface area contributed by atoms with Crippen LogP contribution in [0.1, 0.15) is 25.8 Å². The molecule has 0 saturated carbocycles. The maximum atomic E-state index is 6.14. The second-order valence-corrected chi connectivity index (χ2v) is 4.94. The van der Waals surface area contributed by atoms with Crippen molar-refractivity contribution < 1.29 is 4.74 Å². The van der Waals surface area contributed by atoms with Gasteiger partial charge in [0.2, 0.25) is 5.88 Å². The van der Waals surface area contributed by atoms with Crippen LogP contribution in [0.3, 0.4) is 0 Å². The van der Waals surface area contributed by atoms with E-state index in [1.807, 2.05) is 13.8 Å². The summed E-state index contributed by atoms with van der Waals surface area (Å²) in [5.74, 6) is 2.21. The van der Waals surface area contributed by atoms with E-state index < -0.39 is 0 Å². The van der Waals surface area contributed by atoms with Crippen molar-refractivity contribution in [2.24, 2.45) is 11.7 Å². The Hall–Kier alpha value is -1.36. The van der Waals surface area contributed by atoms with Crippen molar-refractivity contribution in [1.29, 1.82) is 0 Å². The van der Waals surface area contributed by atoms with Crippen LogP contribution in [0.2, 0.25) is 0 Å². The fourth-order valence-corrected chi connectivity index (χ4v) is 2.32. The Balaban J connectivity index is 2.20. The Kier molecular flexibility index (Phi) is 4.01. The molecular weight excluding hydrogens is 228 g/mol. The van der Waals surface area contributed by atoms with E-state index >= 15 is 0 Å². The highest BCUT2D eigenvalue weighted by Crippen LogP contribution is 2.27. The van der Waals surface area contributed by atoms with Gasteiger partial charge in [-0.05, 0) is 26.2 Å². The molecule has 0 radical (unpaired) electrons. The maximum absolute atomic E-state index is 6.14. The highest BCUT2D eigenvalue weighted by atomic mass is 16.5. The average Bonchev–Trinajstić information content (AvgIpc) is 2.36. The van der Waals surface area contributed by atoms with Crippen molar-refractivity contribution in [3.8, 4) is 5.88 Å². The van der Waals surface area contributed by atoms with Gasteiger partial charge in [0.25, 0.3) is 0 Å². The summed E-state index contributed by atoms with van der Waals surface area (Å²) in [5.41, 5.74) is 7.14. The van der Waals surface area contributed by atoms with Crippen molar-refractivity contribution in [2.45, 2.75) is 33.2 Å². The quantitative estimate of drug-likeness (QED) is 0.877. The Morgan fingerprint density at radius 3 is 2.94 bits per heavy atom. The van der Waals surface area contributed by atoms with Gasteiger partial charge in [0.15, 0.2) is 0 Å². The molecule has 1 fully saturated rings. The van der Waals surface area contributed by atoms with E-state index in [0.717, 1.165) is 30.9 Å². The summed E-state index contributed by atoms with van der Waals surface area (Å²) >= 11 is 0. The molecule has 18 heavy (non-hydrogen) atoms. The van der Waals surface area contributed by atoms with Gasteiger partial charge in [0, 0.05) is 19.1 Å². The molecule has 2 unspecified atom stereocenters. The number of hydrogen-bond donors (Lipinski definition) is 1. The maximum Gasteiger partial charge on any atom is 0.221 e. The average molecular weight is 250 g/mol. The molecule has 0 bridgehead atoms. The highest BCUT2D eigenvalue weighted by molar-refractivity contribution is 5.50. The minimum absolute atomic E-state index is 0.212. The highest BCUT2D eigenvalue weighted by Gasteiger charge is 2.25. The molecule has 100 valence electrons. The van der Waals surface area contributed by atoms with Crippen LogP contribution in [0.15, 0.2) is 6.33 Å². The molecule has 0 amide bonds. The molecule has 2 heterocycles. The van der Waals surface area contributed by atoms with Crippen LogP contribution < -0.4 is 15.4 Å². The largest absolute Gasteiger partial charge is 0.478 e. The van der Waals surface area contributed by atoms with E-state index in [0.29, 0.717) is 18.4 Å². The molecule has 2 N–H and O–H groups in total. The third-order valence-corrected chi connectivity index (χ3v) is 3.61. The van der Waals surface area contributed by atoms with Gasteiger partial charge in [-0.1, -0.05) is 6.92 Å². The molecular formula is C13H22N4O. The first-order valence-electron chi connectivity index (χ1n) is 6.58. The van der Waals surface area contributed by atoms with E-state index in [1.54, 1.807) is 6.33 Å². The molecule has 0 aliphatic carbocycles. The summed E-state index contributed by atoms with van der Waals surface area (Å²) in [6, 6.07) is 0.212. The SMILES string of the molecule is CCOc1ncnc(N2CCC(C)C(N)C2)c1C. The number of piperidine rings is 1. The summed E-state index contributed by atoms with van der Waals surface area (Å²) in [7, 11) is 0. The van der Waals surface area contributed by atoms with Crippen molar-refractivity contribution >= 4 is 5.82 Å². The van der Waals surface area contributed by atoms with Gasteiger partial charge in [-0.2, -0.15) is 0 Å². The number of rotatable bonds is 3. The summed E-state index contributed by atoms with van der Waals surface area (Å²) in [5, 5.41) is 0. The Labute approximate surface area is 108 Å². The number of aromatic nitrogens is 2. The molecule has 1 aliphatic heterocycles. The van der Waals surface area contributed by atoms with E-state index in [-0.39, 0.29) is 6.04 Å². The Morgan fingerprint density at radius 1 is 1.50 bits per heavy atom. The molecule has 1 aromatic heterocycles. The van der Waals surface area contributed by atoms with Crippen LogP contribution in [0, 0.1) is 12.8 Å². The third-order valence-electron chi connectivity index (χ3n) is 3.61. The lowest BCUT2D eigenvalue weighted by Gasteiger charge is -2.36. The van der Waals surface area contributed by atoms with Gasteiger partial charge in [0.1, 0.15) is 12.1 Å². The number of ether oxygens (including phenoxy) is 1. The summed E-state index contributed by atoms with van der Waals surface area (Å²) < 4.78 is 5.51. The van der Waals surface area contributed by atoms with Gasteiger partial charge in [0.05, 0.1) is 12.2 Å². The summed E-state index contributed by atoms with van der Waals surface area (Å²) in [6.45, 7) is 8.64. The van der Waals surface area contributed by atoms with Gasteiger partial charge >= 0.3 is 0 Å². The predicted molar refractivity (Wildman–Crippen MR) is 71.9 cm³/mol. The molecule has 1 saturated heterocycles. The van der Waals surface area contributed by atoms with Crippen LogP contribution in [-0.2, 0) is 0 Å². The Morgan fingerprint density at radius 2 is 2.28 bits per heavy atom. The molecule has 1 aromatic rings. The first-order chi connectivity index (χ1) is 8.63. The number of nitrogens with zero attached hydrogens (tertiary/aromatic N) is 3. The number of anilines is 1. The molecule has 2 atom stereocenters. The minimum atomic E-state index is 0.212. The molecule has 0 spiro atoms. The fourth-order valence-electron chi connectivity index (χ4n) is 2.32. The number of hydrogen-bond acceptors (Lipinski definition) is 5. The summed E-state index contributed by atoms with van der Waals surface area (Å²) in [4.78, 5) is 10.8. The van der Waals surface area contributed by atoms with E-state index in [9.17, 15) is 0 Å². The third kappa shape index (κ3) is 2.56. The zero-order valence-corrected chi connectivity index (χ0v) is 11.4. The first kappa shape index (κ1) is 13.1. The minimum Gasteiger partial charge on any atom is -0.478 e. The standard InChI is InChI=1S/C13H22N4O/c1-4-18-13-10(3)12(15-8-16-13)17-6-5-9(2)11(14)7-17/h8-9,11H,4-7,14H2,1-3H3. The molecule has 2 rings (SSSR count).